The number of likely N-dealkylation sites (N-methyl/N-ethyl adjacent to an activating group) is 1. The highest BCUT2D eigenvalue weighted by Crippen LogP contribution is 2.31. The molecule has 1 amide bonds. The fourth-order valence-corrected chi connectivity index (χ4v) is 1.99. The molecule has 2 N–H and O–H groups in total. The van der Waals surface area contributed by atoms with Crippen LogP contribution in [0.3, 0.4) is 0 Å². The molecule has 0 fully saturated rings. The summed E-state index contributed by atoms with van der Waals surface area (Å²) in [5.74, 6) is 0.0518. The summed E-state index contributed by atoms with van der Waals surface area (Å²) in [7, 11) is 1.74. The van der Waals surface area contributed by atoms with Crippen molar-refractivity contribution < 1.29 is 4.79 Å². The van der Waals surface area contributed by atoms with Gasteiger partial charge in [-0.25, -0.2) is 0 Å². The molecule has 1 aliphatic rings. The third kappa shape index (κ3) is 1.96. The first-order valence-electron chi connectivity index (χ1n) is 5.73. The smallest absolute Gasteiger partial charge is 0.249 e. The van der Waals surface area contributed by atoms with Crippen LogP contribution in [0.1, 0.15) is 13.8 Å². The number of hydrogen-bond acceptors (Lipinski definition) is 3. The number of carbonyl (C=O) groups is 1. The van der Waals surface area contributed by atoms with Gasteiger partial charge in [-0.1, -0.05) is 26.0 Å². The lowest BCUT2D eigenvalue weighted by Crippen LogP contribution is -2.47. The molecule has 17 heavy (non-hydrogen) atoms. The minimum absolute atomic E-state index is 0.109. The molecule has 1 aromatic rings. The van der Waals surface area contributed by atoms with E-state index < -0.39 is 6.04 Å². The highest BCUT2D eigenvalue weighted by atomic mass is 16.2. The molecule has 4 heteroatoms. The van der Waals surface area contributed by atoms with Gasteiger partial charge in [-0.15, -0.1) is 0 Å². The van der Waals surface area contributed by atoms with E-state index in [-0.39, 0.29) is 11.8 Å². The number of nitrogens with two attached hydrogens (primary N) is 1. The molecule has 1 heterocycles. The zero-order chi connectivity index (χ0) is 12.6. The Bertz CT molecular complexity index is 479. The second-order valence-corrected chi connectivity index (χ2v) is 4.56. The first-order chi connectivity index (χ1) is 8.02. The van der Waals surface area contributed by atoms with Gasteiger partial charge in [-0.05, 0) is 18.1 Å². The maximum Gasteiger partial charge on any atom is 0.249 e. The molecule has 2 rings (SSSR count). The molecule has 0 aromatic heterocycles. The number of carbonyl (C=O) groups excluding carboxylic acids is 1. The molecule has 0 spiro atoms. The van der Waals surface area contributed by atoms with Gasteiger partial charge >= 0.3 is 0 Å². The average Bonchev–Trinajstić information content (AvgIpc) is 2.41. The van der Waals surface area contributed by atoms with Crippen molar-refractivity contribution in [1.82, 2.24) is 0 Å². The van der Waals surface area contributed by atoms with E-state index in [1.54, 1.807) is 11.9 Å². The number of hydrogen-bond donors (Lipinski definition) is 1. The Morgan fingerprint density at radius 2 is 2.00 bits per heavy atom. The molecule has 1 aromatic carbocycles. The van der Waals surface area contributed by atoms with Crippen LogP contribution in [0, 0.1) is 5.92 Å². The maximum absolute atomic E-state index is 12.1. The first kappa shape index (κ1) is 11.8. The molecule has 1 aliphatic heterocycles. The van der Waals surface area contributed by atoms with Gasteiger partial charge in [0.25, 0.3) is 0 Å². The standard InChI is InChI=1S/C13H17N3O/c1-8(2)12-11(14)13(17)16(3)10-7-5-4-6-9(10)15-12/h4-8,11H,14H2,1-3H3. The fourth-order valence-electron chi connectivity index (χ4n) is 1.99. The average molecular weight is 231 g/mol. The highest BCUT2D eigenvalue weighted by Gasteiger charge is 2.29. The lowest BCUT2D eigenvalue weighted by molar-refractivity contribution is -0.118. The van der Waals surface area contributed by atoms with Gasteiger partial charge in [-0.2, -0.15) is 0 Å². The van der Waals surface area contributed by atoms with Crippen molar-refractivity contribution in [2.24, 2.45) is 16.6 Å². The van der Waals surface area contributed by atoms with E-state index in [2.05, 4.69) is 4.99 Å². The number of anilines is 1. The predicted octanol–water partition coefficient (Wildman–Crippen LogP) is 1.72. The monoisotopic (exact) mass is 231 g/mol. The number of para-hydroxylation sites is 2. The van der Waals surface area contributed by atoms with E-state index in [1.165, 1.54) is 0 Å². The van der Waals surface area contributed by atoms with E-state index >= 15 is 0 Å². The van der Waals surface area contributed by atoms with E-state index in [1.807, 2.05) is 38.1 Å². The van der Waals surface area contributed by atoms with Crippen LogP contribution in [-0.4, -0.2) is 24.7 Å². The molecule has 4 nitrogen and oxygen atoms in total. The molecule has 1 unspecified atom stereocenters. The summed E-state index contributed by atoms with van der Waals surface area (Å²) in [6.07, 6.45) is 0. The zero-order valence-corrected chi connectivity index (χ0v) is 10.3. The molecular weight excluding hydrogens is 214 g/mol. The van der Waals surface area contributed by atoms with Gasteiger partial charge < -0.3 is 10.6 Å². The third-order valence-corrected chi connectivity index (χ3v) is 3.00. The lowest BCUT2D eigenvalue weighted by atomic mass is 10.0. The van der Waals surface area contributed by atoms with E-state index in [4.69, 9.17) is 5.73 Å². The molecule has 0 saturated heterocycles. The van der Waals surface area contributed by atoms with Crippen LogP contribution in [0.5, 0.6) is 0 Å². The lowest BCUT2D eigenvalue weighted by Gasteiger charge is -2.20. The van der Waals surface area contributed by atoms with Gasteiger partial charge in [0.05, 0.1) is 11.4 Å². The van der Waals surface area contributed by atoms with Crippen molar-refractivity contribution in [3.63, 3.8) is 0 Å². The van der Waals surface area contributed by atoms with Gasteiger partial charge in [0.15, 0.2) is 0 Å². The van der Waals surface area contributed by atoms with E-state index in [9.17, 15) is 4.79 Å². The molecule has 0 saturated carbocycles. The SMILES string of the molecule is CC(C)C1=Nc2ccccc2N(C)C(=O)C1N. The van der Waals surface area contributed by atoms with Crippen LogP contribution < -0.4 is 10.6 Å². The third-order valence-electron chi connectivity index (χ3n) is 3.00. The summed E-state index contributed by atoms with van der Waals surface area (Å²) in [4.78, 5) is 18.3. The van der Waals surface area contributed by atoms with Gasteiger partial charge in [0.1, 0.15) is 6.04 Å². The Labute approximate surface area is 101 Å². The second kappa shape index (κ2) is 4.30. The van der Waals surface area contributed by atoms with Crippen molar-refractivity contribution in [3.05, 3.63) is 24.3 Å². The number of fused-ring (bicyclic) bond motifs is 1. The number of rotatable bonds is 1. The number of amides is 1. The predicted molar refractivity (Wildman–Crippen MR) is 69.8 cm³/mol. The Morgan fingerprint density at radius 3 is 2.65 bits per heavy atom. The van der Waals surface area contributed by atoms with E-state index in [0.717, 1.165) is 17.1 Å². The van der Waals surface area contributed by atoms with Crippen LogP contribution in [-0.2, 0) is 4.79 Å². The van der Waals surface area contributed by atoms with Crippen LogP contribution in [0.25, 0.3) is 0 Å². The van der Waals surface area contributed by atoms with Crippen molar-refractivity contribution in [2.75, 3.05) is 11.9 Å². The summed E-state index contributed by atoms with van der Waals surface area (Å²) in [5.41, 5.74) is 8.33. The fraction of sp³-hybridized carbons (Fsp3) is 0.385. The van der Waals surface area contributed by atoms with Crippen LogP contribution in [0.4, 0.5) is 11.4 Å². The van der Waals surface area contributed by atoms with Crippen molar-refractivity contribution >= 4 is 23.0 Å². The summed E-state index contributed by atoms with van der Waals surface area (Å²) in [5, 5.41) is 0. The molecule has 0 bridgehead atoms. The van der Waals surface area contributed by atoms with Crippen LogP contribution in [0.15, 0.2) is 29.3 Å². The Kier molecular flexibility index (Phi) is 2.98. The van der Waals surface area contributed by atoms with Gasteiger partial charge in [0, 0.05) is 12.8 Å². The van der Waals surface area contributed by atoms with Crippen molar-refractivity contribution in [3.8, 4) is 0 Å². The van der Waals surface area contributed by atoms with Crippen molar-refractivity contribution in [1.29, 1.82) is 0 Å². The summed E-state index contributed by atoms with van der Waals surface area (Å²) in [6.45, 7) is 4.00. The molecule has 1 atom stereocenters. The minimum atomic E-state index is -0.646. The van der Waals surface area contributed by atoms with Crippen LogP contribution in [0.2, 0.25) is 0 Å². The van der Waals surface area contributed by atoms with Crippen molar-refractivity contribution in [2.45, 2.75) is 19.9 Å². The van der Waals surface area contributed by atoms with E-state index in [0.29, 0.717) is 0 Å². The first-order valence-corrected chi connectivity index (χ1v) is 5.73. The highest BCUT2D eigenvalue weighted by molar-refractivity contribution is 6.17. The normalized spacial score (nSPS) is 20.1. The maximum atomic E-state index is 12.1. The molecule has 0 aliphatic carbocycles. The van der Waals surface area contributed by atoms with Gasteiger partial charge in [-0.3, -0.25) is 9.79 Å². The largest absolute Gasteiger partial charge is 0.315 e. The molecule has 90 valence electrons. The number of aliphatic imine (C=N–C) groups is 1. The Hall–Kier alpha value is -1.68. The summed E-state index contributed by atoms with van der Waals surface area (Å²) >= 11 is 0. The van der Waals surface area contributed by atoms with Gasteiger partial charge in [0.2, 0.25) is 5.91 Å². The molecular formula is C13H17N3O. The number of nitrogens with zero attached hydrogens (tertiary/aromatic N) is 2. The molecule has 0 radical (unpaired) electrons. The topological polar surface area (TPSA) is 58.7 Å². The Balaban J connectivity index is 2.60. The summed E-state index contributed by atoms with van der Waals surface area (Å²) in [6, 6.07) is 6.94. The van der Waals surface area contributed by atoms with Crippen LogP contribution >= 0.6 is 0 Å². The minimum Gasteiger partial charge on any atom is -0.315 e. The zero-order valence-electron chi connectivity index (χ0n) is 10.3. The quantitative estimate of drug-likeness (QED) is 0.800. The second-order valence-electron chi connectivity index (χ2n) is 4.56. The summed E-state index contributed by atoms with van der Waals surface area (Å²) < 4.78 is 0. The Morgan fingerprint density at radius 1 is 1.35 bits per heavy atom. The number of benzene rings is 1.